The van der Waals surface area contributed by atoms with Crippen LogP contribution in [0.5, 0.6) is 0 Å². The summed E-state index contributed by atoms with van der Waals surface area (Å²) in [6.07, 6.45) is 1.91. The molecule has 1 saturated heterocycles. The molecule has 8 nitrogen and oxygen atoms in total. The second-order valence-corrected chi connectivity index (χ2v) is 8.38. The Kier molecular flexibility index (Phi) is 5.95. The van der Waals surface area contributed by atoms with Crippen LogP contribution >= 0.6 is 11.3 Å². The number of aromatic nitrogens is 1. The largest absolute Gasteiger partial charge is 0.377 e. The summed E-state index contributed by atoms with van der Waals surface area (Å²) >= 11 is 1.44. The fourth-order valence-electron chi connectivity index (χ4n) is 2.31. The number of ether oxygens (including phenoxy) is 1. The Hall–Kier alpha value is -1.23. The van der Waals surface area contributed by atoms with Crippen LogP contribution in [0.2, 0.25) is 0 Å². The van der Waals surface area contributed by atoms with Gasteiger partial charge in [-0.1, -0.05) is 6.92 Å². The van der Waals surface area contributed by atoms with E-state index in [1.807, 2.05) is 13.8 Å². The summed E-state index contributed by atoms with van der Waals surface area (Å²) in [5.74, 6) is 0. The van der Waals surface area contributed by atoms with Crippen molar-refractivity contribution in [1.29, 1.82) is 0 Å². The molecule has 2 heterocycles. The molecule has 2 amide bonds. The van der Waals surface area contributed by atoms with Crippen LogP contribution in [0.25, 0.3) is 0 Å². The minimum absolute atomic E-state index is 0.128. The molecule has 2 N–H and O–H groups in total. The van der Waals surface area contributed by atoms with Crippen LogP contribution in [-0.4, -0.2) is 62.9 Å². The molecule has 23 heavy (non-hydrogen) atoms. The highest BCUT2D eigenvalue weighted by molar-refractivity contribution is 7.88. The molecule has 0 saturated carbocycles. The Morgan fingerprint density at radius 1 is 1.52 bits per heavy atom. The molecule has 2 rings (SSSR count). The first-order chi connectivity index (χ1) is 10.8. The third-order valence-electron chi connectivity index (χ3n) is 3.51. The van der Waals surface area contributed by atoms with Gasteiger partial charge >= 0.3 is 6.03 Å². The van der Waals surface area contributed by atoms with Gasteiger partial charge in [0.25, 0.3) is 0 Å². The Labute approximate surface area is 140 Å². The van der Waals surface area contributed by atoms with Gasteiger partial charge in [-0.3, -0.25) is 5.32 Å². The molecular formula is C13H22N4O4S2. The van der Waals surface area contributed by atoms with Gasteiger partial charge in [0.2, 0.25) is 10.0 Å². The zero-order chi connectivity index (χ0) is 17.0. The van der Waals surface area contributed by atoms with Gasteiger partial charge in [0.1, 0.15) is 0 Å². The second-order valence-electron chi connectivity index (χ2n) is 5.35. The molecule has 1 aromatic heterocycles. The van der Waals surface area contributed by atoms with Crippen LogP contribution in [0.1, 0.15) is 17.5 Å². The zero-order valence-electron chi connectivity index (χ0n) is 13.5. The van der Waals surface area contributed by atoms with E-state index >= 15 is 0 Å². The number of nitrogens with one attached hydrogen (secondary N) is 2. The topological polar surface area (TPSA) is 101 Å². The molecule has 130 valence electrons. The standard InChI is InChI=1S/C13H22N4O4S2/c1-4-11-9(2)22-12(15-11)16-13(18)17-5-6-21-8-10(17)7-14-23(3,19)20/h10,14H,4-8H2,1-3H3,(H,15,16,18). The predicted octanol–water partition coefficient (Wildman–Crippen LogP) is 0.796. The van der Waals surface area contributed by atoms with Crippen LogP contribution < -0.4 is 10.0 Å². The van der Waals surface area contributed by atoms with Gasteiger partial charge in [0.15, 0.2) is 5.13 Å². The third-order valence-corrected chi connectivity index (χ3v) is 5.13. The number of carbonyl (C=O) groups is 1. The van der Waals surface area contributed by atoms with Crippen molar-refractivity contribution >= 4 is 32.5 Å². The number of hydrogen-bond donors (Lipinski definition) is 2. The van der Waals surface area contributed by atoms with Crippen molar-refractivity contribution in [3.63, 3.8) is 0 Å². The van der Waals surface area contributed by atoms with Gasteiger partial charge < -0.3 is 9.64 Å². The lowest BCUT2D eigenvalue weighted by atomic mass is 10.2. The Bertz CT molecular complexity index is 659. The first kappa shape index (κ1) is 18.1. The number of rotatable bonds is 5. The summed E-state index contributed by atoms with van der Waals surface area (Å²) in [6, 6.07) is -0.629. The number of thiazole rings is 1. The van der Waals surface area contributed by atoms with Crippen LogP contribution in [0.15, 0.2) is 0 Å². The van der Waals surface area contributed by atoms with E-state index in [1.165, 1.54) is 11.3 Å². The van der Waals surface area contributed by atoms with Crippen LogP contribution in [0, 0.1) is 6.92 Å². The summed E-state index contributed by atoms with van der Waals surface area (Å²) < 4.78 is 30.2. The molecule has 1 aromatic rings. The highest BCUT2D eigenvalue weighted by Crippen LogP contribution is 2.23. The molecule has 1 unspecified atom stereocenters. The smallest absolute Gasteiger partial charge is 0.324 e. The number of sulfonamides is 1. The molecule has 0 spiro atoms. The molecule has 0 radical (unpaired) electrons. The van der Waals surface area contributed by atoms with Crippen LogP contribution in [0.3, 0.4) is 0 Å². The van der Waals surface area contributed by atoms with Crippen molar-refractivity contribution in [2.24, 2.45) is 0 Å². The van der Waals surface area contributed by atoms with Crippen molar-refractivity contribution in [2.45, 2.75) is 26.3 Å². The van der Waals surface area contributed by atoms with Gasteiger partial charge in [-0.2, -0.15) is 0 Å². The molecule has 1 fully saturated rings. The van der Waals surface area contributed by atoms with Gasteiger partial charge in [-0.15, -0.1) is 11.3 Å². The molecule has 1 aliphatic rings. The van der Waals surface area contributed by atoms with Gasteiger partial charge in [-0.05, 0) is 13.3 Å². The van der Waals surface area contributed by atoms with Crippen molar-refractivity contribution in [3.05, 3.63) is 10.6 Å². The van der Waals surface area contributed by atoms with Crippen molar-refractivity contribution in [2.75, 3.05) is 37.9 Å². The number of amides is 2. The zero-order valence-corrected chi connectivity index (χ0v) is 15.1. The van der Waals surface area contributed by atoms with E-state index < -0.39 is 10.0 Å². The second kappa shape index (κ2) is 7.56. The lowest BCUT2D eigenvalue weighted by molar-refractivity contribution is 0.0176. The van der Waals surface area contributed by atoms with E-state index in [0.29, 0.717) is 24.9 Å². The van der Waals surface area contributed by atoms with E-state index in [-0.39, 0.29) is 18.6 Å². The number of hydrogen-bond acceptors (Lipinski definition) is 6. The first-order valence-corrected chi connectivity index (χ1v) is 10.1. The number of nitrogens with zero attached hydrogens (tertiary/aromatic N) is 2. The van der Waals surface area contributed by atoms with Crippen molar-refractivity contribution in [1.82, 2.24) is 14.6 Å². The number of anilines is 1. The monoisotopic (exact) mass is 362 g/mol. The summed E-state index contributed by atoms with van der Waals surface area (Å²) in [6.45, 7) is 5.26. The maximum absolute atomic E-state index is 12.5. The van der Waals surface area contributed by atoms with E-state index in [9.17, 15) is 13.2 Å². The highest BCUT2D eigenvalue weighted by Gasteiger charge is 2.28. The van der Waals surface area contributed by atoms with Crippen LogP contribution in [0.4, 0.5) is 9.93 Å². The summed E-state index contributed by atoms with van der Waals surface area (Å²) in [5, 5.41) is 3.36. The molecular weight excluding hydrogens is 340 g/mol. The summed E-state index contributed by atoms with van der Waals surface area (Å²) in [4.78, 5) is 19.5. The number of morpholine rings is 1. The number of carbonyl (C=O) groups excluding carboxylic acids is 1. The molecule has 0 aliphatic carbocycles. The maximum Gasteiger partial charge on any atom is 0.324 e. The highest BCUT2D eigenvalue weighted by atomic mass is 32.2. The van der Waals surface area contributed by atoms with Gasteiger partial charge in [0, 0.05) is 18.0 Å². The predicted molar refractivity (Wildman–Crippen MR) is 89.4 cm³/mol. The SMILES string of the molecule is CCc1nc(NC(=O)N2CCOCC2CNS(C)(=O)=O)sc1C. The molecule has 0 aromatic carbocycles. The summed E-state index contributed by atoms with van der Waals surface area (Å²) in [5.41, 5.74) is 0.975. The normalized spacial score (nSPS) is 18.9. The average molecular weight is 362 g/mol. The molecule has 10 heteroatoms. The van der Waals surface area contributed by atoms with Crippen LogP contribution in [-0.2, 0) is 21.2 Å². The van der Waals surface area contributed by atoms with Gasteiger partial charge in [-0.25, -0.2) is 22.9 Å². The minimum atomic E-state index is -3.31. The van der Waals surface area contributed by atoms with E-state index in [1.54, 1.807) is 4.90 Å². The lowest BCUT2D eigenvalue weighted by Crippen LogP contribution is -2.54. The Balaban J connectivity index is 2.02. The molecule has 1 atom stereocenters. The van der Waals surface area contributed by atoms with Crippen molar-refractivity contribution in [3.8, 4) is 0 Å². The fraction of sp³-hybridized carbons (Fsp3) is 0.692. The van der Waals surface area contributed by atoms with E-state index in [4.69, 9.17) is 4.74 Å². The minimum Gasteiger partial charge on any atom is -0.377 e. The maximum atomic E-state index is 12.5. The van der Waals surface area contributed by atoms with Gasteiger partial charge in [0.05, 0.1) is 31.2 Å². The fourth-order valence-corrected chi connectivity index (χ4v) is 3.70. The van der Waals surface area contributed by atoms with Crippen molar-refractivity contribution < 1.29 is 17.9 Å². The Morgan fingerprint density at radius 2 is 2.26 bits per heavy atom. The number of aryl methyl sites for hydroxylation is 2. The molecule has 0 bridgehead atoms. The molecule has 1 aliphatic heterocycles. The third kappa shape index (κ3) is 5.13. The quantitative estimate of drug-likeness (QED) is 0.807. The average Bonchev–Trinajstić information content (AvgIpc) is 2.84. The Morgan fingerprint density at radius 3 is 2.87 bits per heavy atom. The number of urea groups is 1. The lowest BCUT2D eigenvalue weighted by Gasteiger charge is -2.35. The van der Waals surface area contributed by atoms with E-state index in [0.717, 1.165) is 23.2 Å². The summed E-state index contributed by atoms with van der Waals surface area (Å²) in [7, 11) is -3.31. The first-order valence-electron chi connectivity index (χ1n) is 7.36. The van der Waals surface area contributed by atoms with E-state index in [2.05, 4.69) is 15.0 Å².